The van der Waals surface area contributed by atoms with Gasteiger partial charge in [-0.05, 0) is 70.5 Å². The minimum atomic E-state index is 0.670. The van der Waals surface area contributed by atoms with Crippen molar-refractivity contribution in [2.24, 2.45) is 0 Å². The van der Waals surface area contributed by atoms with Gasteiger partial charge in [0.25, 0.3) is 0 Å². The molecule has 0 unspecified atom stereocenters. The summed E-state index contributed by atoms with van der Waals surface area (Å²) in [5.41, 5.74) is 10.3. The van der Waals surface area contributed by atoms with Gasteiger partial charge in [0.15, 0.2) is 11.5 Å². The van der Waals surface area contributed by atoms with E-state index in [4.69, 9.17) is 14.2 Å². The number of aromatic nitrogens is 8. The highest BCUT2D eigenvalue weighted by Gasteiger charge is 2.07. The first-order valence-corrected chi connectivity index (χ1v) is 16.2. The first-order chi connectivity index (χ1) is 24.6. The summed E-state index contributed by atoms with van der Waals surface area (Å²) in [6, 6.07) is 23.4. The van der Waals surface area contributed by atoms with Crippen LogP contribution in [0.15, 0.2) is 97.6 Å². The quantitative estimate of drug-likeness (QED) is 0.179. The summed E-state index contributed by atoms with van der Waals surface area (Å²) >= 11 is 0. The maximum absolute atomic E-state index is 5.19. The molecule has 258 valence electrons. The molecule has 0 spiro atoms. The zero-order valence-corrected chi connectivity index (χ0v) is 30.0. The van der Waals surface area contributed by atoms with Crippen LogP contribution in [0.25, 0.3) is 44.0 Å². The van der Waals surface area contributed by atoms with E-state index in [1.54, 1.807) is 39.9 Å². The van der Waals surface area contributed by atoms with Crippen LogP contribution in [0, 0.1) is 34.6 Å². The number of benzene rings is 4. The van der Waals surface area contributed by atoms with E-state index in [1.807, 2.05) is 101 Å². The highest BCUT2D eigenvalue weighted by Crippen LogP contribution is 2.30. The predicted octanol–water partition coefficient (Wildman–Crippen LogP) is 8.09. The van der Waals surface area contributed by atoms with Crippen molar-refractivity contribution < 1.29 is 14.2 Å². The Bertz CT molecular complexity index is 2380. The summed E-state index contributed by atoms with van der Waals surface area (Å²) in [5.74, 6) is 2.97. The number of nitrogens with zero attached hydrogens (tertiary/aromatic N) is 8. The largest absolute Gasteiger partial charge is 0.497 e. The Morgan fingerprint density at radius 2 is 0.961 bits per heavy atom. The van der Waals surface area contributed by atoms with E-state index < -0.39 is 0 Å². The van der Waals surface area contributed by atoms with Gasteiger partial charge in [-0.15, -0.1) is 0 Å². The molecule has 0 fully saturated rings. The number of fused-ring (bicyclic) bond motifs is 4. The fraction of sp³-hybridized carbons (Fsp3) is 0.200. The van der Waals surface area contributed by atoms with Crippen molar-refractivity contribution in [1.82, 2.24) is 39.9 Å². The number of methoxy groups -OCH3 is 3. The fourth-order valence-corrected chi connectivity index (χ4v) is 4.92. The van der Waals surface area contributed by atoms with Gasteiger partial charge in [-0.25, -0.2) is 24.9 Å². The lowest BCUT2D eigenvalue weighted by Gasteiger charge is -2.08. The first kappa shape index (κ1) is 35.9. The van der Waals surface area contributed by atoms with E-state index in [0.29, 0.717) is 11.5 Å². The minimum Gasteiger partial charge on any atom is -0.497 e. The average molecular weight is 681 g/mol. The molecule has 0 atom stereocenters. The van der Waals surface area contributed by atoms with E-state index in [0.717, 1.165) is 72.7 Å². The Hall–Kier alpha value is -6.36. The van der Waals surface area contributed by atoms with Crippen LogP contribution in [0.2, 0.25) is 0 Å². The van der Waals surface area contributed by atoms with Crippen molar-refractivity contribution in [2.45, 2.75) is 34.6 Å². The van der Waals surface area contributed by atoms with Gasteiger partial charge in [0.2, 0.25) is 0 Å². The molecule has 0 saturated heterocycles. The van der Waals surface area contributed by atoms with E-state index in [1.165, 1.54) is 5.56 Å². The highest BCUT2D eigenvalue weighted by atomic mass is 16.5. The molecule has 0 saturated carbocycles. The van der Waals surface area contributed by atoms with Gasteiger partial charge in [-0.2, -0.15) is 0 Å². The van der Waals surface area contributed by atoms with Gasteiger partial charge in [0.05, 0.1) is 77.0 Å². The molecule has 11 heteroatoms. The third-order valence-electron chi connectivity index (χ3n) is 7.47. The lowest BCUT2D eigenvalue weighted by molar-refractivity contribution is 0.355. The van der Waals surface area contributed by atoms with E-state index in [2.05, 4.69) is 52.9 Å². The maximum atomic E-state index is 5.19. The zero-order valence-electron chi connectivity index (χ0n) is 30.0. The normalized spacial score (nSPS) is 10.4. The van der Waals surface area contributed by atoms with Crippen molar-refractivity contribution in [2.75, 3.05) is 21.3 Å². The van der Waals surface area contributed by atoms with E-state index >= 15 is 0 Å². The summed E-state index contributed by atoms with van der Waals surface area (Å²) in [7, 11) is 4.85. The molecule has 0 aliphatic rings. The topological polar surface area (TPSA) is 131 Å². The van der Waals surface area contributed by atoms with E-state index in [-0.39, 0.29) is 0 Å². The molecular weight excluding hydrogens is 640 g/mol. The van der Waals surface area contributed by atoms with Crippen LogP contribution in [-0.2, 0) is 0 Å². The van der Waals surface area contributed by atoms with Gasteiger partial charge < -0.3 is 14.2 Å². The van der Waals surface area contributed by atoms with Gasteiger partial charge >= 0.3 is 0 Å². The molecular formula is C40H40N8O3. The van der Waals surface area contributed by atoms with Gasteiger partial charge in [-0.1, -0.05) is 24.3 Å². The lowest BCUT2D eigenvalue weighted by Crippen LogP contribution is -1.93. The van der Waals surface area contributed by atoms with E-state index in [9.17, 15) is 0 Å². The number of ether oxygens (including phenoxy) is 3. The summed E-state index contributed by atoms with van der Waals surface area (Å²) in [5, 5.41) is 1.10. The molecule has 4 aromatic carbocycles. The van der Waals surface area contributed by atoms with Gasteiger partial charge in [-0.3, -0.25) is 15.0 Å². The van der Waals surface area contributed by atoms with Crippen molar-refractivity contribution in [3.05, 3.63) is 126 Å². The molecule has 0 aliphatic carbocycles. The lowest BCUT2D eigenvalue weighted by atomic mass is 10.2. The Balaban J connectivity index is 0.000000133. The molecule has 0 radical (unpaired) electrons. The minimum absolute atomic E-state index is 0.670. The Labute approximate surface area is 296 Å². The Morgan fingerprint density at radius 1 is 0.412 bits per heavy atom. The summed E-state index contributed by atoms with van der Waals surface area (Å²) in [4.78, 5) is 34.2. The standard InChI is InChI=1S/C11H12N2O2.C10H10N2O.C10H10N2.C9H8N2/c1-7-6-12-8-4-10(14-2)11(15-3)5-9(8)13-7;1-7-6-11-10-5-8(13-2)3-4-9(10)12-7;1-7-3-4-9-10(5-7)12-8(2)6-11-9;1-7-10-6-8-4-2-3-5-9(8)11-7/h4-6H,1-3H3;3-6H,1-2H3;3-6H,1-2H3;2-6H,1H3. The average Bonchev–Trinajstić information content (AvgIpc) is 3.14. The molecule has 8 aromatic rings. The number of aryl methyl sites for hydroxylation is 5. The van der Waals surface area contributed by atoms with Crippen molar-refractivity contribution in [1.29, 1.82) is 0 Å². The summed E-state index contributed by atoms with van der Waals surface area (Å²) < 4.78 is 15.5. The first-order valence-electron chi connectivity index (χ1n) is 16.2. The van der Waals surface area contributed by atoms with Crippen LogP contribution in [0.5, 0.6) is 17.2 Å². The predicted molar refractivity (Wildman–Crippen MR) is 201 cm³/mol. The molecule has 11 nitrogen and oxygen atoms in total. The summed E-state index contributed by atoms with van der Waals surface area (Å²) in [6.07, 6.45) is 7.12. The molecule has 0 N–H and O–H groups in total. The summed E-state index contributed by atoms with van der Waals surface area (Å²) in [6.45, 7) is 9.74. The van der Waals surface area contributed by atoms with Crippen molar-refractivity contribution >= 4 is 44.0 Å². The SMILES string of the molecule is COc1cc2ncc(C)nc2cc1OC.COc1ccc2nc(C)cnc2c1.Cc1ccc2ncc(C)nc2c1.Cc1ncc2ccccc2n1. The molecule has 0 aliphatic heterocycles. The highest BCUT2D eigenvalue weighted by molar-refractivity contribution is 5.79. The molecule has 4 aromatic heterocycles. The third-order valence-corrected chi connectivity index (χ3v) is 7.47. The van der Waals surface area contributed by atoms with Crippen LogP contribution in [0.4, 0.5) is 0 Å². The number of hydrogen-bond acceptors (Lipinski definition) is 11. The van der Waals surface area contributed by atoms with Crippen LogP contribution >= 0.6 is 0 Å². The van der Waals surface area contributed by atoms with Crippen molar-refractivity contribution in [3.63, 3.8) is 0 Å². The van der Waals surface area contributed by atoms with Crippen LogP contribution < -0.4 is 14.2 Å². The fourth-order valence-electron chi connectivity index (χ4n) is 4.92. The van der Waals surface area contributed by atoms with Crippen LogP contribution in [-0.4, -0.2) is 61.2 Å². The van der Waals surface area contributed by atoms with Crippen LogP contribution in [0.3, 0.4) is 0 Å². The second-order valence-electron chi connectivity index (χ2n) is 11.6. The number of para-hydroxylation sites is 1. The molecule has 8 rings (SSSR count). The van der Waals surface area contributed by atoms with Gasteiger partial charge in [0, 0.05) is 48.4 Å². The smallest absolute Gasteiger partial charge is 0.163 e. The second-order valence-corrected chi connectivity index (χ2v) is 11.6. The Morgan fingerprint density at radius 3 is 1.61 bits per heavy atom. The molecule has 4 heterocycles. The van der Waals surface area contributed by atoms with Crippen molar-refractivity contribution in [3.8, 4) is 17.2 Å². The zero-order chi connectivity index (χ0) is 36.3. The molecule has 0 bridgehead atoms. The number of hydrogen-bond donors (Lipinski definition) is 0. The maximum Gasteiger partial charge on any atom is 0.163 e. The van der Waals surface area contributed by atoms with Gasteiger partial charge in [0.1, 0.15) is 11.6 Å². The Kier molecular flexibility index (Phi) is 11.9. The number of rotatable bonds is 3. The molecule has 0 amide bonds. The monoisotopic (exact) mass is 680 g/mol. The van der Waals surface area contributed by atoms with Crippen LogP contribution in [0.1, 0.15) is 28.5 Å². The second kappa shape index (κ2) is 16.8. The third kappa shape index (κ3) is 9.63. The molecule has 51 heavy (non-hydrogen) atoms.